The van der Waals surface area contributed by atoms with Crippen molar-refractivity contribution >= 4 is 17.9 Å². The van der Waals surface area contributed by atoms with E-state index in [1.54, 1.807) is 25.7 Å². The first kappa shape index (κ1) is 27.0. The zero-order valence-corrected chi connectivity index (χ0v) is 21.5. The molecule has 0 aliphatic heterocycles. The van der Waals surface area contributed by atoms with Gasteiger partial charge < -0.3 is 25.4 Å². The van der Waals surface area contributed by atoms with Crippen LogP contribution in [0.15, 0.2) is 24.3 Å². The third-order valence-corrected chi connectivity index (χ3v) is 6.55. The number of hydrogen-bond donors (Lipinski definition) is 3. The lowest BCUT2D eigenvalue weighted by Gasteiger charge is -2.35. The van der Waals surface area contributed by atoms with Gasteiger partial charge in [0.1, 0.15) is 17.7 Å². The minimum absolute atomic E-state index is 0.0957. The molecule has 2 unspecified atom stereocenters. The van der Waals surface area contributed by atoms with Crippen LogP contribution in [0, 0.1) is 0 Å². The van der Waals surface area contributed by atoms with Gasteiger partial charge in [-0.25, -0.2) is 4.79 Å². The second-order valence-corrected chi connectivity index (χ2v) is 10.7. The molecular weight excluding hydrogens is 446 g/mol. The first-order valence-corrected chi connectivity index (χ1v) is 12.9. The Labute approximate surface area is 208 Å². The molecule has 0 bridgehead atoms. The molecule has 0 saturated heterocycles. The van der Waals surface area contributed by atoms with Crippen LogP contribution >= 0.6 is 0 Å². The maximum Gasteiger partial charge on any atom is 0.408 e. The summed E-state index contributed by atoms with van der Waals surface area (Å²) in [7, 11) is 0. The highest BCUT2D eigenvalue weighted by Crippen LogP contribution is 2.36. The van der Waals surface area contributed by atoms with Crippen molar-refractivity contribution in [3.8, 4) is 0 Å². The van der Waals surface area contributed by atoms with Crippen molar-refractivity contribution in [3.63, 3.8) is 0 Å². The Morgan fingerprint density at radius 2 is 1.69 bits per heavy atom. The van der Waals surface area contributed by atoms with Crippen molar-refractivity contribution in [2.75, 3.05) is 6.61 Å². The third kappa shape index (κ3) is 7.69. The number of aryl methyl sites for hydroxylation is 1. The number of hydrogen-bond acceptors (Lipinski definition) is 5. The van der Waals surface area contributed by atoms with Crippen LogP contribution in [0.5, 0.6) is 0 Å². The van der Waals surface area contributed by atoms with E-state index in [1.807, 2.05) is 24.3 Å². The molecule has 3 amide bonds. The van der Waals surface area contributed by atoms with Crippen molar-refractivity contribution in [1.29, 1.82) is 0 Å². The van der Waals surface area contributed by atoms with Gasteiger partial charge in [0, 0.05) is 12.1 Å². The molecule has 2 saturated carbocycles. The smallest absolute Gasteiger partial charge is 0.408 e. The van der Waals surface area contributed by atoms with E-state index >= 15 is 0 Å². The summed E-state index contributed by atoms with van der Waals surface area (Å²) in [6.07, 6.45) is 6.85. The van der Waals surface area contributed by atoms with Crippen LogP contribution in [-0.2, 0) is 20.7 Å². The van der Waals surface area contributed by atoms with Crippen LogP contribution < -0.4 is 10.6 Å². The van der Waals surface area contributed by atoms with Gasteiger partial charge in [-0.15, -0.1) is 0 Å². The van der Waals surface area contributed by atoms with E-state index < -0.39 is 36.3 Å². The third-order valence-electron chi connectivity index (χ3n) is 6.55. The van der Waals surface area contributed by atoms with E-state index in [0.717, 1.165) is 56.1 Å². The number of ether oxygens (including phenoxy) is 1. The minimum atomic E-state index is -1.20. The lowest BCUT2D eigenvalue weighted by molar-refractivity contribution is -0.144. The van der Waals surface area contributed by atoms with Crippen molar-refractivity contribution in [2.45, 2.75) is 109 Å². The summed E-state index contributed by atoms with van der Waals surface area (Å²) in [5.41, 5.74) is 1.13. The van der Waals surface area contributed by atoms with Gasteiger partial charge in [-0.05, 0) is 64.0 Å². The van der Waals surface area contributed by atoms with Crippen LogP contribution in [0.1, 0.15) is 89.8 Å². The Bertz CT molecular complexity index is 870. The summed E-state index contributed by atoms with van der Waals surface area (Å²) in [4.78, 5) is 41.3. The van der Waals surface area contributed by atoms with Crippen molar-refractivity contribution in [2.24, 2.45) is 0 Å². The molecule has 2 atom stereocenters. The number of alkyl carbamates (subject to hydrolysis) is 1. The Kier molecular flexibility index (Phi) is 9.16. The predicted octanol–water partition coefficient (Wildman–Crippen LogP) is 3.62. The van der Waals surface area contributed by atoms with Gasteiger partial charge in [0.2, 0.25) is 11.8 Å². The van der Waals surface area contributed by atoms with Crippen molar-refractivity contribution in [1.82, 2.24) is 15.5 Å². The van der Waals surface area contributed by atoms with Crippen LogP contribution in [0.2, 0.25) is 0 Å². The maximum absolute atomic E-state index is 13.7. The molecule has 0 aromatic heterocycles. The zero-order chi connectivity index (χ0) is 25.6. The predicted molar refractivity (Wildman–Crippen MR) is 134 cm³/mol. The van der Waals surface area contributed by atoms with Crippen LogP contribution in [0.3, 0.4) is 0 Å². The Morgan fingerprint density at radius 1 is 1.06 bits per heavy atom. The molecule has 3 N–H and O–H groups in total. The molecule has 0 heterocycles. The van der Waals surface area contributed by atoms with E-state index in [4.69, 9.17) is 4.74 Å². The molecular formula is C27H41N3O5. The standard InChI is InChI=1S/C27H41N3O5/c1-5-18-11-13-19(14-12-18)23(24(32)28-20-9-7-6-8-10-20)30(21-15-16-21)25(33)22(17-31)29-26(34)35-27(2,3)4/h11-14,20-23,31H,5-10,15-17H2,1-4H3,(H,28,32)(H,29,34). The molecule has 194 valence electrons. The van der Waals surface area contributed by atoms with E-state index in [0.29, 0.717) is 0 Å². The number of benzene rings is 1. The fourth-order valence-electron chi connectivity index (χ4n) is 4.59. The van der Waals surface area contributed by atoms with Gasteiger partial charge in [0.05, 0.1) is 6.61 Å². The quantitative estimate of drug-likeness (QED) is 0.493. The molecule has 1 aromatic carbocycles. The van der Waals surface area contributed by atoms with Crippen LogP contribution in [-0.4, -0.2) is 58.2 Å². The molecule has 3 rings (SSSR count). The second kappa shape index (κ2) is 11.9. The first-order valence-electron chi connectivity index (χ1n) is 12.9. The SMILES string of the molecule is CCc1ccc(C(C(=O)NC2CCCCC2)N(C(=O)C(CO)NC(=O)OC(C)(C)C)C2CC2)cc1. The molecule has 1 aromatic rings. The normalized spacial score (nSPS) is 18.3. The van der Waals surface area contributed by atoms with Gasteiger partial charge in [-0.2, -0.15) is 0 Å². The first-order chi connectivity index (χ1) is 16.6. The highest BCUT2D eigenvalue weighted by Gasteiger charge is 2.44. The molecule has 8 heteroatoms. The summed E-state index contributed by atoms with van der Waals surface area (Å²) >= 11 is 0. The summed E-state index contributed by atoms with van der Waals surface area (Å²) in [6.45, 7) is 6.66. The Balaban J connectivity index is 1.88. The average Bonchev–Trinajstić information content (AvgIpc) is 3.65. The average molecular weight is 488 g/mol. The van der Waals surface area contributed by atoms with Gasteiger partial charge in [0.25, 0.3) is 0 Å². The lowest BCUT2D eigenvalue weighted by Crippen LogP contribution is -2.55. The fraction of sp³-hybridized carbons (Fsp3) is 0.667. The molecule has 0 radical (unpaired) electrons. The number of carbonyl (C=O) groups is 3. The van der Waals surface area contributed by atoms with Gasteiger partial charge >= 0.3 is 6.09 Å². The molecule has 2 aliphatic rings. The van der Waals surface area contributed by atoms with E-state index in [1.165, 1.54) is 6.42 Å². The van der Waals surface area contributed by atoms with E-state index in [-0.39, 0.29) is 18.0 Å². The highest BCUT2D eigenvalue weighted by molar-refractivity contribution is 5.92. The van der Waals surface area contributed by atoms with Crippen LogP contribution in [0.4, 0.5) is 4.79 Å². The summed E-state index contributed by atoms with van der Waals surface area (Å²) in [5, 5.41) is 15.7. The number of rotatable bonds is 9. The lowest BCUT2D eigenvalue weighted by atomic mass is 9.94. The zero-order valence-electron chi connectivity index (χ0n) is 21.5. The molecule has 8 nitrogen and oxygen atoms in total. The molecule has 2 aliphatic carbocycles. The summed E-state index contributed by atoms with van der Waals surface area (Å²) in [6, 6.07) is 5.71. The number of nitrogens with one attached hydrogen (secondary N) is 2. The molecule has 35 heavy (non-hydrogen) atoms. The monoisotopic (exact) mass is 487 g/mol. The Hall–Kier alpha value is -2.61. The summed E-state index contributed by atoms with van der Waals surface area (Å²) < 4.78 is 5.28. The molecule has 0 spiro atoms. The Morgan fingerprint density at radius 3 is 2.20 bits per heavy atom. The van der Waals surface area contributed by atoms with E-state index in [2.05, 4.69) is 17.6 Å². The van der Waals surface area contributed by atoms with E-state index in [9.17, 15) is 19.5 Å². The van der Waals surface area contributed by atoms with Gasteiger partial charge in [-0.3, -0.25) is 9.59 Å². The summed E-state index contributed by atoms with van der Waals surface area (Å²) in [5.74, 6) is -0.695. The van der Waals surface area contributed by atoms with Gasteiger partial charge in [0.15, 0.2) is 0 Å². The highest BCUT2D eigenvalue weighted by atomic mass is 16.6. The number of aliphatic hydroxyl groups excluding tert-OH is 1. The minimum Gasteiger partial charge on any atom is -0.444 e. The number of aliphatic hydroxyl groups is 1. The largest absolute Gasteiger partial charge is 0.444 e. The van der Waals surface area contributed by atoms with Gasteiger partial charge in [-0.1, -0.05) is 50.5 Å². The molecule has 2 fully saturated rings. The van der Waals surface area contributed by atoms with Crippen LogP contribution in [0.25, 0.3) is 0 Å². The van der Waals surface area contributed by atoms with Crippen molar-refractivity contribution < 1.29 is 24.2 Å². The number of carbonyl (C=O) groups excluding carboxylic acids is 3. The number of amides is 3. The number of nitrogens with zero attached hydrogens (tertiary/aromatic N) is 1. The fourth-order valence-corrected chi connectivity index (χ4v) is 4.59. The topological polar surface area (TPSA) is 108 Å². The second-order valence-electron chi connectivity index (χ2n) is 10.7. The maximum atomic E-state index is 13.7. The van der Waals surface area contributed by atoms with Crippen molar-refractivity contribution in [3.05, 3.63) is 35.4 Å².